The Bertz CT molecular complexity index is 515. The Labute approximate surface area is 111 Å². The van der Waals surface area contributed by atoms with E-state index in [0.29, 0.717) is 0 Å². The Balaban J connectivity index is 3.17. The average molecular weight is 292 g/mol. The summed E-state index contributed by atoms with van der Waals surface area (Å²) < 4.78 is 38.7. The third kappa shape index (κ3) is 3.71. The van der Waals surface area contributed by atoms with Crippen molar-refractivity contribution in [3.05, 3.63) is 29.6 Å². The van der Waals surface area contributed by atoms with E-state index < -0.39 is 15.8 Å². The minimum atomic E-state index is -3.88. The molecule has 0 unspecified atom stereocenters. The second-order valence-corrected chi connectivity index (χ2v) is 5.75. The summed E-state index contributed by atoms with van der Waals surface area (Å²) >= 11 is 0. The van der Waals surface area contributed by atoms with E-state index >= 15 is 0 Å². The molecule has 0 aliphatic rings. The number of nitrogens with zero attached hydrogens (tertiary/aromatic N) is 1. The molecule has 0 aromatic heterocycles. The molecule has 8 heteroatoms. The lowest BCUT2D eigenvalue weighted by Crippen LogP contribution is -2.36. The standard InChI is InChI=1S/C11H17FN2O4S/c12-11-2-1-10(7-9(11)8-13)19(17,18)14(3-5-15)4-6-16/h1-2,7,15-16H,3-6,8,13H2. The smallest absolute Gasteiger partial charge is 0.243 e. The van der Waals surface area contributed by atoms with Gasteiger partial charge in [0, 0.05) is 25.2 Å². The van der Waals surface area contributed by atoms with Gasteiger partial charge < -0.3 is 15.9 Å². The first-order chi connectivity index (χ1) is 8.97. The summed E-state index contributed by atoms with van der Waals surface area (Å²) in [4.78, 5) is -0.115. The zero-order chi connectivity index (χ0) is 14.5. The molecule has 0 heterocycles. The maximum Gasteiger partial charge on any atom is 0.243 e. The van der Waals surface area contributed by atoms with Gasteiger partial charge in [-0.25, -0.2) is 12.8 Å². The van der Waals surface area contributed by atoms with Crippen LogP contribution >= 0.6 is 0 Å². The van der Waals surface area contributed by atoms with Gasteiger partial charge >= 0.3 is 0 Å². The zero-order valence-corrected chi connectivity index (χ0v) is 11.1. The third-order valence-corrected chi connectivity index (χ3v) is 4.47. The lowest BCUT2D eigenvalue weighted by Gasteiger charge is -2.20. The highest BCUT2D eigenvalue weighted by Gasteiger charge is 2.24. The van der Waals surface area contributed by atoms with Crippen molar-refractivity contribution in [1.82, 2.24) is 4.31 Å². The van der Waals surface area contributed by atoms with Crippen molar-refractivity contribution < 1.29 is 23.0 Å². The van der Waals surface area contributed by atoms with Crippen LogP contribution in [0.2, 0.25) is 0 Å². The fraction of sp³-hybridized carbons (Fsp3) is 0.455. The first-order valence-corrected chi connectivity index (χ1v) is 7.11. The van der Waals surface area contributed by atoms with Gasteiger partial charge in [-0.1, -0.05) is 0 Å². The van der Waals surface area contributed by atoms with Crippen LogP contribution in [0, 0.1) is 5.82 Å². The molecule has 0 aliphatic carbocycles. The van der Waals surface area contributed by atoms with Gasteiger partial charge in [-0.15, -0.1) is 0 Å². The maximum absolute atomic E-state index is 13.3. The number of hydrogen-bond acceptors (Lipinski definition) is 5. The molecule has 1 aromatic carbocycles. The molecule has 0 saturated heterocycles. The van der Waals surface area contributed by atoms with Crippen LogP contribution in [0.1, 0.15) is 5.56 Å². The number of benzene rings is 1. The molecule has 0 spiro atoms. The van der Waals surface area contributed by atoms with E-state index in [9.17, 15) is 12.8 Å². The number of rotatable bonds is 7. The Hall–Kier alpha value is -1.06. The highest BCUT2D eigenvalue weighted by molar-refractivity contribution is 7.89. The number of halogens is 1. The highest BCUT2D eigenvalue weighted by Crippen LogP contribution is 2.18. The van der Waals surface area contributed by atoms with Crippen molar-refractivity contribution in [3.8, 4) is 0 Å². The summed E-state index contributed by atoms with van der Waals surface area (Å²) in [7, 11) is -3.88. The van der Waals surface area contributed by atoms with Gasteiger partial charge in [0.2, 0.25) is 10.0 Å². The molecule has 4 N–H and O–H groups in total. The monoisotopic (exact) mass is 292 g/mol. The van der Waals surface area contributed by atoms with E-state index in [1.165, 1.54) is 0 Å². The second-order valence-electron chi connectivity index (χ2n) is 3.81. The van der Waals surface area contributed by atoms with Crippen LogP contribution in [-0.2, 0) is 16.6 Å². The second kappa shape index (κ2) is 6.92. The van der Waals surface area contributed by atoms with Crippen LogP contribution in [0.15, 0.2) is 23.1 Å². The Morgan fingerprint density at radius 2 is 1.79 bits per heavy atom. The first kappa shape index (κ1) is 16.0. The maximum atomic E-state index is 13.3. The molecule has 0 bridgehead atoms. The number of nitrogens with two attached hydrogens (primary N) is 1. The normalized spacial score (nSPS) is 12.1. The van der Waals surface area contributed by atoms with Crippen molar-refractivity contribution >= 4 is 10.0 Å². The van der Waals surface area contributed by atoms with E-state index in [0.717, 1.165) is 22.5 Å². The van der Waals surface area contributed by atoms with Gasteiger partial charge in [-0.05, 0) is 18.2 Å². The molecule has 0 amide bonds. The zero-order valence-electron chi connectivity index (χ0n) is 10.3. The molecule has 0 radical (unpaired) electrons. The largest absolute Gasteiger partial charge is 0.395 e. The number of aliphatic hydroxyl groups is 2. The minimum Gasteiger partial charge on any atom is -0.395 e. The van der Waals surface area contributed by atoms with E-state index in [-0.39, 0.29) is 43.3 Å². The van der Waals surface area contributed by atoms with Crippen LogP contribution in [0.3, 0.4) is 0 Å². The predicted molar refractivity (Wildman–Crippen MR) is 67.2 cm³/mol. The lowest BCUT2D eigenvalue weighted by molar-refractivity contribution is 0.217. The van der Waals surface area contributed by atoms with Crippen LogP contribution < -0.4 is 5.73 Å². The summed E-state index contributed by atoms with van der Waals surface area (Å²) in [6, 6.07) is 3.32. The van der Waals surface area contributed by atoms with E-state index in [4.69, 9.17) is 15.9 Å². The quantitative estimate of drug-likeness (QED) is 0.614. The van der Waals surface area contributed by atoms with E-state index in [2.05, 4.69) is 0 Å². The highest BCUT2D eigenvalue weighted by atomic mass is 32.2. The molecule has 19 heavy (non-hydrogen) atoms. The van der Waals surface area contributed by atoms with Gasteiger partial charge in [0.25, 0.3) is 0 Å². The molecule has 0 saturated carbocycles. The topological polar surface area (TPSA) is 104 Å². The number of sulfonamides is 1. The molecule has 0 fully saturated rings. The summed E-state index contributed by atoms with van der Waals surface area (Å²) in [6.45, 7) is -1.14. The van der Waals surface area contributed by atoms with Crippen molar-refractivity contribution in [2.45, 2.75) is 11.4 Å². The fourth-order valence-corrected chi connectivity index (χ4v) is 3.07. The van der Waals surface area contributed by atoms with E-state index in [1.54, 1.807) is 0 Å². The molecule has 0 aliphatic heterocycles. The van der Waals surface area contributed by atoms with Crippen molar-refractivity contribution in [3.63, 3.8) is 0 Å². The predicted octanol–water partition coefficient (Wildman–Crippen LogP) is -0.740. The van der Waals surface area contributed by atoms with Crippen LogP contribution in [-0.4, -0.2) is 49.2 Å². The van der Waals surface area contributed by atoms with Gasteiger partial charge in [0.05, 0.1) is 18.1 Å². The van der Waals surface area contributed by atoms with Crippen molar-refractivity contribution in [2.75, 3.05) is 26.3 Å². The summed E-state index contributed by atoms with van der Waals surface area (Å²) in [5.41, 5.74) is 5.42. The minimum absolute atomic E-state index is 0.0917. The Morgan fingerprint density at radius 1 is 1.21 bits per heavy atom. The first-order valence-electron chi connectivity index (χ1n) is 5.67. The summed E-state index contributed by atoms with van der Waals surface area (Å²) in [6.07, 6.45) is 0. The van der Waals surface area contributed by atoms with Gasteiger partial charge in [-0.2, -0.15) is 4.31 Å². The Morgan fingerprint density at radius 3 is 2.26 bits per heavy atom. The molecule has 1 rings (SSSR count). The van der Waals surface area contributed by atoms with Gasteiger partial charge in [0.1, 0.15) is 5.82 Å². The SMILES string of the molecule is NCc1cc(S(=O)(=O)N(CCO)CCO)ccc1F. The van der Waals surface area contributed by atoms with Crippen molar-refractivity contribution in [1.29, 1.82) is 0 Å². The third-order valence-electron chi connectivity index (χ3n) is 2.57. The average Bonchev–Trinajstić information content (AvgIpc) is 2.38. The molecular formula is C11H17FN2O4S. The van der Waals surface area contributed by atoms with Gasteiger partial charge in [0.15, 0.2) is 0 Å². The molecular weight excluding hydrogens is 275 g/mol. The summed E-state index contributed by atoms with van der Waals surface area (Å²) in [5.74, 6) is -0.572. The molecule has 0 atom stereocenters. The number of aliphatic hydroxyl groups excluding tert-OH is 2. The lowest BCUT2D eigenvalue weighted by atomic mass is 10.2. The van der Waals surface area contributed by atoms with Crippen LogP contribution in [0.5, 0.6) is 0 Å². The fourth-order valence-electron chi connectivity index (χ4n) is 1.59. The van der Waals surface area contributed by atoms with Crippen LogP contribution in [0.4, 0.5) is 4.39 Å². The summed E-state index contributed by atoms with van der Waals surface area (Å²) in [5, 5.41) is 17.7. The number of hydrogen-bond donors (Lipinski definition) is 3. The van der Waals surface area contributed by atoms with E-state index in [1.807, 2.05) is 0 Å². The molecule has 108 valence electrons. The molecule has 6 nitrogen and oxygen atoms in total. The van der Waals surface area contributed by atoms with Crippen LogP contribution in [0.25, 0.3) is 0 Å². The molecule has 1 aromatic rings. The van der Waals surface area contributed by atoms with Crippen molar-refractivity contribution in [2.24, 2.45) is 5.73 Å². The van der Waals surface area contributed by atoms with Gasteiger partial charge in [-0.3, -0.25) is 0 Å². The Kier molecular flexibility index (Phi) is 5.83.